The molecule has 0 saturated carbocycles. The standard InChI is InChI=1S/C16H14O2/c1-9-12-6-4-5-7-13(12)10(2)16-14(9)8-15(18-16)11(3)17/h4-8H,1-3H3. The Morgan fingerprint density at radius 2 is 1.61 bits per heavy atom. The molecule has 3 rings (SSSR count). The maximum Gasteiger partial charge on any atom is 0.194 e. The zero-order valence-electron chi connectivity index (χ0n) is 10.7. The fourth-order valence-electron chi connectivity index (χ4n) is 2.53. The molecule has 0 fully saturated rings. The zero-order chi connectivity index (χ0) is 12.9. The van der Waals surface area contributed by atoms with Crippen LogP contribution in [0.3, 0.4) is 0 Å². The van der Waals surface area contributed by atoms with Gasteiger partial charge in [0.05, 0.1) is 0 Å². The summed E-state index contributed by atoms with van der Waals surface area (Å²) in [5, 5.41) is 3.45. The number of furan rings is 1. The third-order valence-corrected chi connectivity index (χ3v) is 3.56. The lowest BCUT2D eigenvalue weighted by atomic mass is 9.97. The first-order chi connectivity index (χ1) is 8.59. The molecule has 2 heteroatoms. The summed E-state index contributed by atoms with van der Waals surface area (Å²) in [5.41, 5.74) is 3.09. The Bertz CT molecular complexity index is 720. The number of Topliss-reactive ketones (excluding diaryl/α,β-unsaturated/α-hetero) is 1. The number of benzene rings is 2. The Labute approximate surface area is 105 Å². The molecular formula is C16H14O2. The van der Waals surface area contributed by atoms with Crippen LogP contribution in [0.15, 0.2) is 34.7 Å². The van der Waals surface area contributed by atoms with Crippen molar-refractivity contribution in [1.82, 2.24) is 0 Å². The second kappa shape index (κ2) is 3.70. The molecule has 0 saturated heterocycles. The van der Waals surface area contributed by atoms with Crippen molar-refractivity contribution in [1.29, 1.82) is 0 Å². The predicted molar refractivity (Wildman–Crippen MR) is 73.2 cm³/mol. The SMILES string of the molecule is CC(=O)c1cc2c(C)c3ccccc3c(C)c2o1. The van der Waals surface area contributed by atoms with Crippen LogP contribution >= 0.6 is 0 Å². The molecule has 2 nitrogen and oxygen atoms in total. The van der Waals surface area contributed by atoms with Gasteiger partial charge >= 0.3 is 0 Å². The van der Waals surface area contributed by atoms with Crippen molar-refractivity contribution in [2.24, 2.45) is 0 Å². The number of ketones is 1. The molecule has 1 heterocycles. The Kier molecular flexibility index (Phi) is 2.27. The van der Waals surface area contributed by atoms with E-state index in [-0.39, 0.29) is 5.78 Å². The number of hydrogen-bond donors (Lipinski definition) is 0. The molecule has 0 N–H and O–H groups in total. The lowest BCUT2D eigenvalue weighted by Gasteiger charge is -2.06. The average molecular weight is 238 g/mol. The highest BCUT2D eigenvalue weighted by atomic mass is 16.3. The van der Waals surface area contributed by atoms with Gasteiger partial charge in [-0.05, 0) is 36.2 Å². The van der Waals surface area contributed by atoms with Gasteiger partial charge in [-0.1, -0.05) is 24.3 Å². The van der Waals surface area contributed by atoms with Crippen LogP contribution in [0.25, 0.3) is 21.7 Å². The molecule has 18 heavy (non-hydrogen) atoms. The highest BCUT2D eigenvalue weighted by Crippen LogP contribution is 2.33. The first kappa shape index (κ1) is 11.0. The van der Waals surface area contributed by atoms with Crippen molar-refractivity contribution in [2.45, 2.75) is 20.8 Å². The zero-order valence-corrected chi connectivity index (χ0v) is 10.7. The van der Waals surface area contributed by atoms with E-state index in [1.54, 1.807) is 0 Å². The molecule has 0 unspecified atom stereocenters. The monoisotopic (exact) mass is 238 g/mol. The second-order valence-corrected chi connectivity index (χ2v) is 4.71. The fourth-order valence-corrected chi connectivity index (χ4v) is 2.53. The number of hydrogen-bond acceptors (Lipinski definition) is 2. The summed E-state index contributed by atoms with van der Waals surface area (Å²) in [5.74, 6) is 0.403. The normalized spacial score (nSPS) is 11.3. The van der Waals surface area contributed by atoms with Gasteiger partial charge in [0, 0.05) is 17.9 Å². The van der Waals surface area contributed by atoms with Crippen LogP contribution < -0.4 is 0 Å². The van der Waals surface area contributed by atoms with E-state index < -0.39 is 0 Å². The first-order valence-corrected chi connectivity index (χ1v) is 6.02. The Morgan fingerprint density at radius 3 is 2.22 bits per heavy atom. The van der Waals surface area contributed by atoms with Crippen LogP contribution in [0, 0.1) is 13.8 Å². The van der Waals surface area contributed by atoms with Gasteiger partial charge in [0.25, 0.3) is 0 Å². The van der Waals surface area contributed by atoms with E-state index in [0.29, 0.717) is 5.76 Å². The topological polar surface area (TPSA) is 30.2 Å². The maximum atomic E-state index is 11.4. The van der Waals surface area contributed by atoms with E-state index in [9.17, 15) is 4.79 Å². The molecule has 0 radical (unpaired) electrons. The van der Waals surface area contributed by atoms with Crippen LogP contribution in [0.1, 0.15) is 28.6 Å². The number of fused-ring (bicyclic) bond motifs is 2. The van der Waals surface area contributed by atoms with E-state index in [0.717, 1.165) is 16.5 Å². The van der Waals surface area contributed by atoms with E-state index in [1.165, 1.54) is 23.3 Å². The first-order valence-electron chi connectivity index (χ1n) is 6.02. The third kappa shape index (κ3) is 1.39. The van der Waals surface area contributed by atoms with E-state index >= 15 is 0 Å². The largest absolute Gasteiger partial charge is 0.453 e. The molecule has 0 amide bonds. The molecule has 1 aromatic heterocycles. The Balaban J connectivity index is 2.54. The summed E-state index contributed by atoms with van der Waals surface area (Å²) in [7, 11) is 0. The Hall–Kier alpha value is -2.09. The van der Waals surface area contributed by atoms with Gasteiger partial charge in [-0.15, -0.1) is 0 Å². The van der Waals surface area contributed by atoms with Crippen LogP contribution in [-0.2, 0) is 0 Å². The molecule has 3 aromatic rings. The minimum Gasteiger partial charge on any atom is -0.453 e. The van der Waals surface area contributed by atoms with E-state index in [4.69, 9.17) is 4.42 Å². The van der Waals surface area contributed by atoms with Crippen LogP contribution in [-0.4, -0.2) is 5.78 Å². The van der Waals surface area contributed by atoms with Gasteiger partial charge in [0.2, 0.25) is 0 Å². The molecule has 0 aliphatic heterocycles. The van der Waals surface area contributed by atoms with Crippen molar-refractivity contribution >= 4 is 27.5 Å². The molecule has 2 aromatic carbocycles. The number of carbonyl (C=O) groups is 1. The summed E-state index contributed by atoms with van der Waals surface area (Å²) in [6, 6.07) is 10.1. The highest BCUT2D eigenvalue weighted by Gasteiger charge is 2.14. The molecule has 0 bridgehead atoms. The minimum atomic E-state index is -0.0333. The molecule has 0 aliphatic carbocycles. The molecule has 90 valence electrons. The van der Waals surface area contributed by atoms with E-state index in [2.05, 4.69) is 19.1 Å². The summed E-state index contributed by atoms with van der Waals surface area (Å²) in [6.45, 7) is 5.64. The van der Waals surface area contributed by atoms with Crippen molar-refractivity contribution in [2.75, 3.05) is 0 Å². The summed E-state index contributed by atoms with van der Waals surface area (Å²) < 4.78 is 5.70. The molecular weight excluding hydrogens is 224 g/mol. The van der Waals surface area contributed by atoms with Crippen LogP contribution in [0.5, 0.6) is 0 Å². The maximum absolute atomic E-state index is 11.4. The lowest BCUT2D eigenvalue weighted by molar-refractivity contribution is 0.0989. The van der Waals surface area contributed by atoms with Crippen molar-refractivity contribution < 1.29 is 9.21 Å². The predicted octanol–water partition coefficient (Wildman–Crippen LogP) is 4.41. The van der Waals surface area contributed by atoms with Crippen molar-refractivity contribution in [3.8, 4) is 0 Å². The van der Waals surface area contributed by atoms with Crippen LogP contribution in [0.4, 0.5) is 0 Å². The van der Waals surface area contributed by atoms with E-state index in [1.807, 2.05) is 25.1 Å². The minimum absolute atomic E-state index is 0.0333. The number of rotatable bonds is 1. The van der Waals surface area contributed by atoms with Crippen molar-refractivity contribution in [3.63, 3.8) is 0 Å². The van der Waals surface area contributed by atoms with Gasteiger partial charge in [-0.3, -0.25) is 4.79 Å². The molecule has 0 aliphatic rings. The smallest absolute Gasteiger partial charge is 0.194 e. The number of aryl methyl sites for hydroxylation is 2. The quantitative estimate of drug-likeness (QED) is 0.588. The van der Waals surface area contributed by atoms with Gasteiger partial charge in [-0.25, -0.2) is 0 Å². The highest BCUT2D eigenvalue weighted by molar-refractivity contribution is 6.06. The third-order valence-electron chi connectivity index (χ3n) is 3.56. The van der Waals surface area contributed by atoms with Crippen molar-refractivity contribution in [3.05, 3.63) is 47.2 Å². The molecule has 0 spiro atoms. The average Bonchev–Trinajstić information content (AvgIpc) is 2.81. The summed E-state index contributed by atoms with van der Waals surface area (Å²) in [4.78, 5) is 11.4. The second-order valence-electron chi connectivity index (χ2n) is 4.71. The Morgan fingerprint density at radius 1 is 1.00 bits per heavy atom. The summed E-state index contributed by atoms with van der Waals surface area (Å²) >= 11 is 0. The van der Waals surface area contributed by atoms with Gasteiger partial charge in [-0.2, -0.15) is 0 Å². The van der Waals surface area contributed by atoms with Gasteiger partial charge in [0.1, 0.15) is 5.58 Å². The van der Waals surface area contributed by atoms with Crippen LogP contribution in [0.2, 0.25) is 0 Å². The fraction of sp³-hybridized carbons (Fsp3) is 0.188. The molecule has 0 atom stereocenters. The summed E-state index contributed by atoms with van der Waals surface area (Å²) in [6.07, 6.45) is 0. The number of carbonyl (C=O) groups excluding carboxylic acids is 1. The lowest BCUT2D eigenvalue weighted by Crippen LogP contribution is -1.85. The van der Waals surface area contributed by atoms with Gasteiger partial charge < -0.3 is 4.42 Å². The van der Waals surface area contributed by atoms with Gasteiger partial charge in [0.15, 0.2) is 11.5 Å².